The predicted octanol–water partition coefficient (Wildman–Crippen LogP) is -2.11. The van der Waals surface area contributed by atoms with Crippen LogP contribution in [0, 0.1) is 0 Å². The van der Waals surface area contributed by atoms with Crippen LogP contribution in [0.3, 0.4) is 0 Å². The maximum atomic E-state index is 0. The SMILES string of the molecule is [Au].[Cu].[GaH3].[SeH2]. The van der Waals surface area contributed by atoms with Crippen LogP contribution in [-0.2, 0) is 39.4 Å². The van der Waals surface area contributed by atoms with E-state index in [4.69, 9.17) is 0 Å². The molecule has 0 aliphatic rings. The normalized spacial score (nSPS) is 0. The summed E-state index contributed by atoms with van der Waals surface area (Å²) in [5.74, 6) is 0. The molecule has 0 unspecified atom stereocenters. The second kappa shape index (κ2) is 18.1. The van der Waals surface area contributed by atoms with Gasteiger partial charge in [0.05, 0.1) is 0 Å². The average molecular weight is 414 g/mol. The Morgan fingerprint density at radius 2 is 1.00 bits per heavy atom. The molecule has 4 heavy (non-hydrogen) atoms. The van der Waals surface area contributed by atoms with E-state index in [2.05, 4.69) is 0 Å². The molecule has 0 spiro atoms. The summed E-state index contributed by atoms with van der Waals surface area (Å²) in [5.41, 5.74) is 0. The van der Waals surface area contributed by atoms with Crippen molar-refractivity contribution < 1.29 is 39.4 Å². The van der Waals surface area contributed by atoms with Crippen molar-refractivity contribution in [1.29, 1.82) is 0 Å². The summed E-state index contributed by atoms with van der Waals surface area (Å²) < 4.78 is 0. The van der Waals surface area contributed by atoms with Gasteiger partial charge >= 0.3 is 36.9 Å². The molecule has 0 aromatic heterocycles. The van der Waals surface area contributed by atoms with Crippen LogP contribution in [0.1, 0.15) is 0 Å². The second-order valence-corrected chi connectivity index (χ2v) is 0. The first-order valence-electron chi connectivity index (χ1n) is 0. The summed E-state index contributed by atoms with van der Waals surface area (Å²) in [7, 11) is 0. The second-order valence-electron chi connectivity index (χ2n) is 0. The van der Waals surface area contributed by atoms with Crippen LogP contribution in [0.5, 0.6) is 0 Å². The zero-order valence-corrected chi connectivity index (χ0v) is 6.31. The van der Waals surface area contributed by atoms with Crippen LogP contribution < -0.4 is 0 Å². The molecule has 0 bridgehead atoms. The fourth-order valence-electron chi connectivity index (χ4n) is 0. The van der Waals surface area contributed by atoms with Crippen molar-refractivity contribution in [1.82, 2.24) is 0 Å². The number of hydrogen-bond acceptors (Lipinski definition) is 0. The molecule has 0 N–H and O–H groups in total. The standard InChI is InChI=1S/Au.Cu.Ga.H2Se.3H/h;;;1H2;;;. The van der Waals surface area contributed by atoms with Crippen molar-refractivity contribution in [3.63, 3.8) is 0 Å². The van der Waals surface area contributed by atoms with E-state index in [1.54, 1.807) is 0 Å². The van der Waals surface area contributed by atoms with Gasteiger partial charge in [0.25, 0.3) is 0 Å². The van der Waals surface area contributed by atoms with Crippen molar-refractivity contribution >= 4 is 36.9 Å². The van der Waals surface area contributed by atoms with Gasteiger partial charge < -0.3 is 0 Å². The molecular formula is H5AuCuGaSe. The number of rotatable bonds is 0. The predicted molar refractivity (Wildman–Crippen MR) is 18.5 cm³/mol. The Kier molecular flexibility index (Phi) is 146. The molecular weight excluding hydrogens is 409 g/mol. The maximum absolute atomic E-state index is 0. The van der Waals surface area contributed by atoms with Gasteiger partial charge in [-0.15, -0.1) is 0 Å². The number of hydrogen-bond donors (Lipinski definition) is 0. The molecule has 0 heterocycles. The Labute approximate surface area is 75.4 Å². The van der Waals surface area contributed by atoms with Gasteiger partial charge in [-0.3, -0.25) is 0 Å². The molecule has 4 heteroatoms. The first-order valence-corrected chi connectivity index (χ1v) is 0. The van der Waals surface area contributed by atoms with Gasteiger partial charge in [-0.2, -0.15) is 0 Å². The molecule has 0 atom stereocenters. The van der Waals surface area contributed by atoms with E-state index in [0.717, 1.165) is 0 Å². The molecule has 0 saturated heterocycles. The zero-order valence-electron chi connectivity index (χ0n) is 1.10. The minimum atomic E-state index is 0. The monoisotopic (exact) mass is 414 g/mol. The van der Waals surface area contributed by atoms with Gasteiger partial charge in [0, 0.05) is 39.4 Å². The van der Waals surface area contributed by atoms with Gasteiger partial charge in [-0.25, -0.2) is 0 Å². The quantitative estimate of drug-likeness (QED) is 0.399. The molecule has 0 aromatic rings. The summed E-state index contributed by atoms with van der Waals surface area (Å²) in [6, 6.07) is 0. The Hall–Kier alpha value is 2.42. The van der Waals surface area contributed by atoms with E-state index in [-0.39, 0.29) is 76.3 Å². The van der Waals surface area contributed by atoms with Crippen LogP contribution in [-0.4, -0.2) is 36.9 Å². The summed E-state index contributed by atoms with van der Waals surface area (Å²) in [6.07, 6.45) is 0. The van der Waals surface area contributed by atoms with Crippen molar-refractivity contribution in [2.45, 2.75) is 0 Å². The average Bonchev–Trinajstić information content (AvgIpc) is 0. The third-order valence-electron chi connectivity index (χ3n) is 0. The third-order valence-corrected chi connectivity index (χ3v) is 0. The summed E-state index contributed by atoms with van der Waals surface area (Å²) in [5, 5.41) is 0. The van der Waals surface area contributed by atoms with E-state index in [1.165, 1.54) is 0 Å². The molecule has 0 nitrogen and oxygen atoms in total. The molecule has 0 saturated carbocycles. The van der Waals surface area contributed by atoms with Crippen molar-refractivity contribution in [2.24, 2.45) is 0 Å². The summed E-state index contributed by atoms with van der Waals surface area (Å²) >= 11 is 0. The van der Waals surface area contributed by atoms with Crippen LogP contribution in [0.2, 0.25) is 0 Å². The molecule has 0 aliphatic heterocycles. The molecule has 0 aromatic carbocycles. The van der Waals surface area contributed by atoms with E-state index < -0.39 is 0 Å². The Morgan fingerprint density at radius 3 is 1.00 bits per heavy atom. The topological polar surface area (TPSA) is 0 Å². The first-order chi connectivity index (χ1) is 0. The van der Waals surface area contributed by atoms with Gasteiger partial charge in [0.15, 0.2) is 0 Å². The molecule has 36 valence electrons. The third kappa shape index (κ3) is 8.83. The molecule has 0 amide bonds. The Morgan fingerprint density at radius 1 is 1.00 bits per heavy atom. The van der Waals surface area contributed by atoms with E-state index >= 15 is 0 Å². The Balaban J connectivity index is 0. The van der Waals surface area contributed by atoms with Crippen molar-refractivity contribution in [3.8, 4) is 0 Å². The van der Waals surface area contributed by atoms with Crippen LogP contribution in [0.4, 0.5) is 0 Å². The molecule has 0 aliphatic carbocycles. The zero-order chi connectivity index (χ0) is 0. The van der Waals surface area contributed by atoms with E-state index in [0.29, 0.717) is 0 Å². The van der Waals surface area contributed by atoms with E-state index in [9.17, 15) is 0 Å². The molecule has 0 fully saturated rings. The van der Waals surface area contributed by atoms with Gasteiger partial charge in [-0.1, -0.05) is 0 Å². The molecule has 0 rings (SSSR count). The van der Waals surface area contributed by atoms with Crippen LogP contribution in [0.25, 0.3) is 0 Å². The fraction of sp³-hybridized carbons (Fsp3) is 0. The molecule has 2 radical (unpaired) electrons. The van der Waals surface area contributed by atoms with Crippen LogP contribution in [0.15, 0.2) is 0 Å². The van der Waals surface area contributed by atoms with Gasteiger partial charge in [0.1, 0.15) is 0 Å². The first kappa shape index (κ1) is 32.2. The van der Waals surface area contributed by atoms with Crippen molar-refractivity contribution in [3.05, 3.63) is 0 Å². The van der Waals surface area contributed by atoms with Crippen molar-refractivity contribution in [2.75, 3.05) is 0 Å². The summed E-state index contributed by atoms with van der Waals surface area (Å²) in [6.45, 7) is 0. The van der Waals surface area contributed by atoms with Gasteiger partial charge in [-0.05, 0) is 0 Å². The summed E-state index contributed by atoms with van der Waals surface area (Å²) in [4.78, 5) is 0. The Bertz CT molecular complexity index is 8.00. The van der Waals surface area contributed by atoms with E-state index in [1.807, 2.05) is 0 Å². The van der Waals surface area contributed by atoms with Crippen LogP contribution >= 0.6 is 0 Å². The minimum absolute atomic E-state index is 0. The fourth-order valence-corrected chi connectivity index (χ4v) is 0. The van der Waals surface area contributed by atoms with Gasteiger partial charge in [0.2, 0.25) is 0 Å².